The maximum atomic E-state index is 12.4. The van der Waals surface area contributed by atoms with E-state index < -0.39 is 0 Å². The van der Waals surface area contributed by atoms with Crippen LogP contribution in [0, 0.1) is 5.92 Å². The first-order valence-corrected chi connectivity index (χ1v) is 8.78. The Morgan fingerprint density at radius 3 is 2.12 bits per heavy atom. The first-order valence-electron chi connectivity index (χ1n) is 8.78. The van der Waals surface area contributed by atoms with Gasteiger partial charge in [0.25, 0.3) is 11.8 Å². The molecule has 0 atom stereocenters. The van der Waals surface area contributed by atoms with Crippen LogP contribution in [-0.2, 0) is 6.42 Å². The van der Waals surface area contributed by atoms with Gasteiger partial charge in [0, 0.05) is 23.4 Å². The third kappa shape index (κ3) is 5.45. The normalized spacial score (nSPS) is 10.6. The maximum Gasteiger partial charge on any atom is 0.255 e. The van der Waals surface area contributed by atoms with E-state index >= 15 is 0 Å². The average Bonchev–Trinajstić information content (AvgIpc) is 2.62. The van der Waals surface area contributed by atoms with Crippen LogP contribution in [0.5, 0.6) is 0 Å². The molecule has 2 aromatic rings. The Bertz CT molecular complexity index is 721. The van der Waals surface area contributed by atoms with E-state index in [1.54, 1.807) is 24.3 Å². The van der Waals surface area contributed by atoms with E-state index in [0.717, 1.165) is 24.1 Å². The monoisotopic (exact) mass is 338 g/mol. The summed E-state index contributed by atoms with van der Waals surface area (Å²) in [5.74, 6) is 0.272. The van der Waals surface area contributed by atoms with Crippen molar-refractivity contribution < 1.29 is 9.59 Å². The second-order valence-corrected chi connectivity index (χ2v) is 6.48. The summed E-state index contributed by atoms with van der Waals surface area (Å²) in [7, 11) is 0. The number of hydrogen-bond acceptors (Lipinski definition) is 2. The summed E-state index contributed by atoms with van der Waals surface area (Å²) in [6.45, 7) is 6.96. The van der Waals surface area contributed by atoms with Crippen LogP contribution < -0.4 is 10.6 Å². The Kier molecular flexibility index (Phi) is 6.75. The smallest absolute Gasteiger partial charge is 0.255 e. The van der Waals surface area contributed by atoms with E-state index in [1.807, 2.05) is 24.3 Å². The van der Waals surface area contributed by atoms with Crippen molar-refractivity contribution in [2.24, 2.45) is 5.92 Å². The molecular weight excluding hydrogens is 312 g/mol. The number of para-hydroxylation sites is 1. The molecule has 0 unspecified atom stereocenters. The fourth-order valence-corrected chi connectivity index (χ4v) is 2.49. The third-order valence-electron chi connectivity index (χ3n) is 4.06. The van der Waals surface area contributed by atoms with E-state index in [4.69, 9.17) is 0 Å². The molecule has 4 nitrogen and oxygen atoms in total. The summed E-state index contributed by atoms with van der Waals surface area (Å²) in [5, 5.41) is 5.83. The van der Waals surface area contributed by atoms with Crippen molar-refractivity contribution in [1.29, 1.82) is 0 Å². The van der Waals surface area contributed by atoms with Crippen molar-refractivity contribution in [2.45, 2.75) is 33.6 Å². The van der Waals surface area contributed by atoms with Crippen LogP contribution in [0.15, 0.2) is 48.5 Å². The van der Waals surface area contributed by atoms with E-state index in [9.17, 15) is 9.59 Å². The molecule has 0 radical (unpaired) electrons. The van der Waals surface area contributed by atoms with Crippen molar-refractivity contribution in [1.82, 2.24) is 5.32 Å². The van der Waals surface area contributed by atoms with Crippen molar-refractivity contribution in [3.05, 3.63) is 65.2 Å². The summed E-state index contributed by atoms with van der Waals surface area (Å²) < 4.78 is 0. The lowest BCUT2D eigenvalue weighted by Gasteiger charge is -2.10. The quantitative estimate of drug-likeness (QED) is 0.792. The van der Waals surface area contributed by atoms with E-state index in [1.165, 1.54) is 0 Å². The minimum Gasteiger partial charge on any atom is -0.352 e. The van der Waals surface area contributed by atoms with Crippen LogP contribution in [0.1, 0.15) is 53.5 Å². The summed E-state index contributed by atoms with van der Waals surface area (Å²) in [6.07, 6.45) is 1.80. The van der Waals surface area contributed by atoms with Crippen LogP contribution >= 0.6 is 0 Å². The first kappa shape index (κ1) is 18.7. The van der Waals surface area contributed by atoms with Gasteiger partial charge in [-0.15, -0.1) is 0 Å². The predicted molar refractivity (Wildman–Crippen MR) is 102 cm³/mol. The molecule has 0 spiro atoms. The van der Waals surface area contributed by atoms with Gasteiger partial charge >= 0.3 is 0 Å². The minimum atomic E-state index is -0.173. The zero-order valence-corrected chi connectivity index (χ0v) is 15.1. The van der Waals surface area contributed by atoms with E-state index in [0.29, 0.717) is 23.6 Å². The second-order valence-electron chi connectivity index (χ2n) is 6.48. The fraction of sp³-hybridized carbons (Fsp3) is 0.333. The molecule has 0 fully saturated rings. The van der Waals surface area contributed by atoms with Crippen molar-refractivity contribution in [3.8, 4) is 0 Å². The number of benzene rings is 2. The van der Waals surface area contributed by atoms with Crippen LogP contribution in [0.3, 0.4) is 0 Å². The highest BCUT2D eigenvalue weighted by molar-refractivity contribution is 6.05. The SMILES string of the molecule is CCc1ccccc1NC(=O)c1ccc(C(=O)NCCC(C)C)cc1. The van der Waals surface area contributed by atoms with Crippen LogP contribution in [-0.4, -0.2) is 18.4 Å². The van der Waals surface area contributed by atoms with Gasteiger partial charge < -0.3 is 10.6 Å². The highest BCUT2D eigenvalue weighted by atomic mass is 16.2. The number of amides is 2. The van der Waals surface area contributed by atoms with E-state index in [2.05, 4.69) is 31.4 Å². The number of aryl methyl sites for hydroxylation is 1. The number of carbonyl (C=O) groups excluding carboxylic acids is 2. The van der Waals surface area contributed by atoms with E-state index in [-0.39, 0.29) is 11.8 Å². The number of nitrogens with one attached hydrogen (secondary N) is 2. The molecule has 132 valence electrons. The summed E-state index contributed by atoms with van der Waals surface area (Å²) in [4.78, 5) is 24.5. The third-order valence-corrected chi connectivity index (χ3v) is 4.06. The molecule has 2 aromatic carbocycles. The molecule has 0 aliphatic heterocycles. The molecule has 0 saturated carbocycles. The number of carbonyl (C=O) groups is 2. The predicted octanol–water partition coefficient (Wildman–Crippen LogP) is 4.28. The van der Waals surface area contributed by atoms with Gasteiger partial charge in [0.15, 0.2) is 0 Å². The maximum absolute atomic E-state index is 12.4. The van der Waals surface area contributed by atoms with Crippen molar-refractivity contribution >= 4 is 17.5 Å². The topological polar surface area (TPSA) is 58.2 Å². The van der Waals surface area contributed by atoms with Crippen LogP contribution in [0.4, 0.5) is 5.69 Å². The number of rotatable bonds is 7. The average molecular weight is 338 g/mol. The molecule has 0 saturated heterocycles. The Balaban J connectivity index is 1.99. The molecule has 0 heterocycles. The lowest BCUT2D eigenvalue weighted by Crippen LogP contribution is -2.25. The largest absolute Gasteiger partial charge is 0.352 e. The van der Waals surface area contributed by atoms with Crippen LogP contribution in [0.25, 0.3) is 0 Å². The van der Waals surface area contributed by atoms with Gasteiger partial charge in [-0.1, -0.05) is 39.0 Å². The highest BCUT2D eigenvalue weighted by Gasteiger charge is 2.10. The Morgan fingerprint density at radius 1 is 0.920 bits per heavy atom. The van der Waals surface area contributed by atoms with Gasteiger partial charge in [-0.2, -0.15) is 0 Å². The lowest BCUT2D eigenvalue weighted by atomic mass is 10.1. The Morgan fingerprint density at radius 2 is 1.52 bits per heavy atom. The molecule has 2 rings (SSSR count). The van der Waals surface area contributed by atoms with Crippen LogP contribution in [0.2, 0.25) is 0 Å². The molecule has 25 heavy (non-hydrogen) atoms. The van der Waals surface area contributed by atoms with Gasteiger partial charge in [-0.25, -0.2) is 0 Å². The summed E-state index contributed by atoms with van der Waals surface area (Å²) in [5.41, 5.74) is 3.02. The van der Waals surface area contributed by atoms with Gasteiger partial charge in [-0.05, 0) is 54.7 Å². The van der Waals surface area contributed by atoms with Gasteiger partial charge in [0.05, 0.1) is 0 Å². The Labute approximate surface area is 149 Å². The van der Waals surface area contributed by atoms with Gasteiger partial charge in [-0.3, -0.25) is 9.59 Å². The molecule has 4 heteroatoms. The molecule has 0 aromatic heterocycles. The zero-order valence-electron chi connectivity index (χ0n) is 15.1. The number of anilines is 1. The Hall–Kier alpha value is -2.62. The number of hydrogen-bond donors (Lipinski definition) is 2. The molecule has 0 aliphatic rings. The summed E-state index contributed by atoms with van der Waals surface area (Å²) in [6, 6.07) is 14.5. The summed E-state index contributed by atoms with van der Waals surface area (Å²) >= 11 is 0. The zero-order chi connectivity index (χ0) is 18.2. The van der Waals surface area contributed by atoms with Crippen molar-refractivity contribution in [2.75, 3.05) is 11.9 Å². The fourth-order valence-electron chi connectivity index (χ4n) is 2.49. The van der Waals surface area contributed by atoms with Crippen molar-refractivity contribution in [3.63, 3.8) is 0 Å². The first-order chi connectivity index (χ1) is 12.0. The lowest BCUT2D eigenvalue weighted by molar-refractivity contribution is 0.0950. The second kappa shape index (κ2) is 9.02. The van der Waals surface area contributed by atoms with Gasteiger partial charge in [0.2, 0.25) is 0 Å². The van der Waals surface area contributed by atoms with Gasteiger partial charge in [0.1, 0.15) is 0 Å². The molecule has 0 aliphatic carbocycles. The molecule has 2 N–H and O–H groups in total. The minimum absolute atomic E-state index is 0.107. The standard InChI is InChI=1S/C21H26N2O2/c1-4-16-7-5-6-8-19(16)23-21(25)18-11-9-17(10-12-18)20(24)22-14-13-15(2)3/h5-12,15H,4,13-14H2,1-3H3,(H,22,24)(H,23,25). The molecule has 2 amide bonds. The highest BCUT2D eigenvalue weighted by Crippen LogP contribution is 2.17. The molecule has 0 bridgehead atoms. The molecular formula is C21H26N2O2.